The largest absolute Gasteiger partial charge is 0.495 e. The van der Waals surface area contributed by atoms with E-state index in [0.29, 0.717) is 50.1 Å². The number of carboxylic acid groups (broad SMARTS) is 1. The maximum atomic E-state index is 12.5. The molecule has 0 aliphatic carbocycles. The molecule has 0 saturated carbocycles. The van der Waals surface area contributed by atoms with Crippen LogP contribution in [-0.2, 0) is 4.74 Å². The first-order chi connectivity index (χ1) is 16.9. The molecule has 1 aromatic heterocycles. The average Bonchev–Trinajstić information content (AvgIpc) is 3.36. The molecule has 0 spiro atoms. The highest BCUT2D eigenvalue weighted by atomic mass is 32.2. The number of piperazine rings is 1. The first kappa shape index (κ1) is 26.9. The van der Waals surface area contributed by atoms with E-state index in [1.54, 1.807) is 22.3 Å². The molecule has 192 valence electrons. The maximum Gasteiger partial charge on any atom is 0.409 e. The van der Waals surface area contributed by atoms with Crippen molar-refractivity contribution in [2.24, 2.45) is 5.92 Å². The Hall–Kier alpha value is -2.66. The molecule has 0 bridgehead atoms. The van der Waals surface area contributed by atoms with Crippen LogP contribution in [0, 0.1) is 5.92 Å². The fourth-order valence-corrected chi connectivity index (χ4v) is 5.37. The molecule has 9 nitrogen and oxygen atoms in total. The standard InChI is InChI=1S/C24H34N4O5S2/c1-4-6-7-17(5-2)15-33-24(31)28-12-10-27(11-13-28)23-25-21(16-34-23)35-26-19-9-8-18(22(29)30)14-20(19)32-3/h8-9,14,16-17,26H,4-7,10-13,15H2,1-3H3,(H,29,30). The summed E-state index contributed by atoms with van der Waals surface area (Å²) in [6, 6.07) is 4.68. The van der Waals surface area contributed by atoms with Crippen LogP contribution in [0.1, 0.15) is 49.9 Å². The smallest absolute Gasteiger partial charge is 0.409 e. The van der Waals surface area contributed by atoms with Crippen molar-refractivity contribution in [3.05, 3.63) is 29.1 Å². The van der Waals surface area contributed by atoms with Crippen molar-refractivity contribution >= 4 is 46.2 Å². The average molecular weight is 523 g/mol. The minimum absolute atomic E-state index is 0.165. The van der Waals surface area contributed by atoms with E-state index in [1.165, 1.54) is 37.6 Å². The van der Waals surface area contributed by atoms with Crippen molar-refractivity contribution in [1.29, 1.82) is 0 Å². The zero-order valence-corrected chi connectivity index (χ0v) is 22.1. The number of carbonyl (C=O) groups is 2. The number of unbranched alkanes of at least 4 members (excludes halogenated alkanes) is 1. The lowest BCUT2D eigenvalue weighted by atomic mass is 10.0. The monoisotopic (exact) mass is 522 g/mol. The lowest BCUT2D eigenvalue weighted by Crippen LogP contribution is -2.49. The summed E-state index contributed by atoms with van der Waals surface area (Å²) in [5.41, 5.74) is 0.835. The maximum absolute atomic E-state index is 12.5. The van der Waals surface area contributed by atoms with E-state index in [0.717, 1.165) is 29.4 Å². The number of thiazole rings is 1. The van der Waals surface area contributed by atoms with Crippen LogP contribution in [0.3, 0.4) is 0 Å². The molecular formula is C24H34N4O5S2. The summed E-state index contributed by atoms with van der Waals surface area (Å²) in [4.78, 5) is 32.3. The lowest BCUT2D eigenvalue weighted by Gasteiger charge is -2.34. The Morgan fingerprint density at radius 3 is 2.69 bits per heavy atom. The Labute approximate surface area is 214 Å². The summed E-state index contributed by atoms with van der Waals surface area (Å²) in [5.74, 6) is -0.112. The van der Waals surface area contributed by atoms with Crippen LogP contribution in [0.5, 0.6) is 5.75 Å². The summed E-state index contributed by atoms with van der Waals surface area (Å²) in [6.07, 6.45) is 4.24. The van der Waals surface area contributed by atoms with E-state index in [9.17, 15) is 9.59 Å². The molecule has 1 atom stereocenters. The van der Waals surface area contributed by atoms with Gasteiger partial charge in [0, 0.05) is 43.5 Å². The third kappa shape index (κ3) is 7.66. The molecule has 1 unspecified atom stereocenters. The highest BCUT2D eigenvalue weighted by Gasteiger charge is 2.24. The number of rotatable bonds is 12. The number of hydrogen-bond donors (Lipinski definition) is 2. The number of methoxy groups -OCH3 is 1. The summed E-state index contributed by atoms with van der Waals surface area (Å²) in [7, 11) is 1.50. The molecule has 11 heteroatoms. The van der Waals surface area contributed by atoms with Gasteiger partial charge in [0.25, 0.3) is 0 Å². The highest BCUT2D eigenvalue weighted by molar-refractivity contribution is 8.00. The van der Waals surface area contributed by atoms with Crippen LogP contribution in [0.4, 0.5) is 15.6 Å². The first-order valence-corrected chi connectivity index (χ1v) is 13.6. The van der Waals surface area contributed by atoms with Crippen molar-refractivity contribution in [3.63, 3.8) is 0 Å². The molecular weight excluding hydrogens is 488 g/mol. The predicted octanol–water partition coefficient (Wildman–Crippen LogP) is 5.44. The van der Waals surface area contributed by atoms with Gasteiger partial charge in [-0.05, 0) is 30.5 Å². The van der Waals surface area contributed by atoms with Gasteiger partial charge in [0.2, 0.25) is 0 Å². The van der Waals surface area contributed by atoms with Crippen LogP contribution < -0.4 is 14.4 Å². The number of ether oxygens (including phenoxy) is 2. The fourth-order valence-electron chi connectivity index (χ4n) is 3.72. The minimum atomic E-state index is -1.00. The van der Waals surface area contributed by atoms with Crippen molar-refractivity contribution < 1.29 is 24.2 Å². The van der Waals surface area contributed by atoms with Crippen LogP contribution in [0.25, 0.3) is 0 Å². The Bertz CT molecular complexity index is 979. The Balaban J connectivity index is 1.46. The zero-order valence-electron chi connectivity index (χ0n) is 20.5. The highest BCUT2D eigenvalue weighted by Crippen LogP contribution is 2.32. The lowest BCUT2D eigenvalue weighted by molar-refractivity contribution is 0.0696. The van der Waals surface area contributed by atoms with Gasteiger partial charge in [-0.15, -0.1) is 11.3 Å². The number of aromatic carboxylic acids is 1. The molecule has 3 rings (SSSR count). The number of benzene rings is 1. The molecule has 1 fully saturated rings. The summed E-state index contributed by atoms with van der Waals surface area (Å²) < 4.78 is 14.1. The molecule has 1 aliphatic rings. The number of anilines is 2. The third-order valence-electron chi connectivity index (χ3n) is 5.98. The summed E-state index contributed by atoms with van der Waals surface area (Å²) >= 11 is 2.89. The number of carboxylic acids is 1. The van der Waals surface area contributed by atoms with Gasteiger partial charge in [0.05, 0.1) is 25.0 Å². The summed E-state index contributed by atoms with van der Waals surface area (Å²) in [6.45, 7) is 7.46. The van der Waals surface area contributed by atoms with Gasteiger partial charge in [-0.25, -0.2) is 14.6 Å². The molecule has 1 amide bonds. The summed E-state index contributed by atoms with van der Waals surface area (Å²) in [5, 5.41) is 12.8. The second-order valence-corrected chi connectivity index (χ2v) is 10.0. The second-order valence-electron chi connectivity index (χ2n) is 8.36. The predicted molar refractivity (Wildman–Crippen MR) is 140 cm³/mol. The van der Waals surface area contributed by atoms with Gasteiger partial charge in [-0.1, -0.05) is 33.1 Å². The number of carbonyl (C=O) groups excluding carboxylic acids is 1. The number of aromatic nitrogens is 1. The van der Waals surface area contributed by atoms with E-state index < -0.39 is 5.97 Å². The van der Waals surface area contributed by atoms with Crippen molar-refractivity contribution in [1.82, 2.24) is 9.88 Å². The topological polar surface area (TPSA) is 104 Å². The number of hydrogen-bond acceptors (Lipinski definition) is 9. The Morgan fingerprint density at radius 2 is 2.03 bits per heavy atom. The van der Waals surface area contributed by atoms with E-state index >= 15 is 0 Å². The molecule has 2 heterocycles. The SMILES string of the molecule is CCCCC(CC)COC(=O)N1CCN(c2nc(SNc3ccc(C(=O)O)cc3OC)cs2)CC1. The quantitative estimate of drug-likeness (QED) is 0.352. The van der Waals surface area contributed by atoms with Crippen LogP contribution in [0.15, 0.2) is 28.6 Å². The minimum Gasteiger partial charge on any atom is -0.495 e. The number of amides is 1. The van der Waals surface area contributed by atoms with Gasteiger partial charge < -0.3 is 29.1 Å². The van der Waals surface area contributed by atoms with Gasteiger partial charge in [-0.2, -0.15) is 0 Å². The number of nitrogens with one attached hydrogen (secondary N) is 1. The molecule has 2 aromatic rings. The van der Waals surface area contributed by atoms with Gasteiger partial charge in [-0.3, -0.25) is 0 Å². The molecule has 1 aliphatic heterocycles. The molecule has 35 heavy (non-hydrogen) atoms. The normalized spacial score (nSPS) is 14.5. The van der Waals surface area contributed by atoms with Crippen LogP contribution in [-0.4, -0.2) is 66.9 Å². The Kier molecular flexibility index (Phi) is 10.3. The van der Waals surface area contributed by atoms with Crippen molar-refractivity contribution in [2.75, 3.05) is 49.5 Å². The molecule has 0 radical (unpaired) electrons. The third-order valence-corrected chi connectivity index (χ3v) is 7.77. The van der Waals surface area contributed by atoms with E-state index in [1.807, 2.05) is 5.38 Å². The van der Waals surface area contributed by atoms with E-state index in [4.69, 9.17) is 19.6 Å². The van der Waals surface area contributed by atoms with Crippen LogP contribution in [0.2, 0.25) is 0 Å². The number of nitrogens with zero attached hydrogens (tertiary/aromatic N) is 3. The van der Waals surface area contributed by atoms with E-state index in [2.05, 4.69) is 23.5 Å². The molecule has 1 saturated heterocycles. The van der Waals surface area contributed by atoms with Crippen LogP contribution >= 0.6 is 23.3 Å². The van der Waals surface area contributed by atoms with Gasteiger partial charge in [0.15, 0.2) is 5.13 Å². The van der Waals surface area contributed by atoms with Crippen molar-refractivity contribution in [3.8, 4) is 5.75 Å². The van der Waals surface area contributed by atoms with Gasteiger partial charge in [0.1, 0.15) is 10.8 Å². The first-order valence-electron chi connectivity index (χ1n) is 11.9. The molecule has 1 aromatic carbocycles. The zero-order chi connectivity index (χ0) is 25.2. The molecule has 2 N–H and O–H groups in total. The second kappa shape index (κ2) is 13.4. The van der Waals surface area contributed by atoms with Crippen molar-refractivity contribution in [2.45, 2.75) is 44.6 Å². The Morgan fingerprint density at radius 1 is 1.26 bits per heavy atom. The van der Waals surface area contributed by atoms with Gasteiger partial charge >= 0.3 is 12.1 Å². The van der Waals surface area contributed by atoms with E-state index in [-0.39, 0.29) is 11.7 Å². The fraction of sp³-hybridized carbons (Fsp3) is 0.542.